The van der Waals surface area contributed by atoms with Crippen molar-refractivity contribution in [2.75, 3.05) is 12.8 Å². The quantitative estimate of drug-likeness (QED) is 0.865. The molecule has 17 heavy (non-hydrogen) atoms. The minimum Gasteiger partial charge on any atom is -0.382 e. The summed E-state index contributed by atoms with van der Waals surface area (Å²) in [5, 5.41) is 0. The molecule has 1 heterocycles. The van der Waals surface area contributed by atoms with Crippen LogP contribution >= 0.6 is 0 Å². The predicted molar refractivity (Wildman–Crippen MR) is 68.1 cm³/mol. The Kier molecular flexibility index (Phi) is 3.67. The first-order valence-electron chi connectivity index (χ1n) is 5.53. The lowest BCUT2D eigenvalue weighted by molar-refractivity contribution is 0.314. The van der Waals surface area contributed by atoms with E-state index in [1.54, 1.807) is 12.4 Å². The second-order valence-electron chi connectivity index (χ2n) is 4.09. The average molecular weight is 228 g/mol. The maximum atomic E-state index is 5.49. The SMILES string of the molecule is CN(Cc1ccccc1)Cc1cnc(N)cn1. The number of nitrogens with two attached hydrogens (primary N) is 1. The highest BCUT2D eigenvalue weighted by molar-refractivity contribution is 5.22. The number of nitrogens with zero attached hydrogens (tertiary/aromatic N) is 3. The van der Waals surface area contributed by atoms with Crippen molar-refractivity contribution in [2.45, 2.75) is 13.1 Å². The van der Waals surface area contributed by atoms with Crippen molar-refractivity contribution in [1.29, 1.82) is 0 Å². The summed E-state index contributed by atoms with van der Waals surface area (Å²) in [7, 11) is 2.06. The van der Waals surface area contributed by atoms with Gasteiger partial charge >= 0.3 is 0 Å². The highest BCUT2D eigenvalue weighted by Crippen LogP contribution is 2.06. The van der Waals surface area contributed by atoms with Gasteiger partial charge in [0.2, 0.25) is 0 Å². The first-order chi connectivity index (χ1) is 8.24. The van der Waals surface area contributed by atoms with E-state index in [-0.39, 0.29) is 0 Å². The Morgan fingerprint density at radius 2 is 1.82 bits per heavy atom. The van der Waals surface area contributed by atoms with Gasteiger partial charge in [-0.25, -0.2) is 4.98 Å². The predicted octanol–water partition coefficient (Wildman–Crippen LogP) is 1.69. The molecule has 0 aliphatic rings. The zero-order valence-electron chi connectivity index (χ0n) is 9.87. The summed E-state index contributed by atoms with van der Waals surface area (Å²) in [4.78, 5) is 10.4. The van der Waals surface area contributed by atoms with E-state index in [0.717, 1.165) is 18.8 Å². The molecule has 0 aliphatic heterocycles. The first kappa shape index (κ1) is 11.5. The number of hydrogen-bond acceptors (Lipinski definition) is 4. The molecule has 0 radical (unpaired) electrons. The van der Waals surface area contributed by atoms with Crippen LogP contribution in [0.3, 0.4) is 0 Å². The average Bonchev–Trinajstić information content (AvgIpc) is 2.33. The maximum Gasteiger partial charge on any atom is 0.141 e. The van der Waals surface area contributed by atoms with Gasteiger partial charge in [0.1, 0.15) is 5.82 Å². The van der Waals surface area contributed by atoms with Crippen LogP contribution in [0.4, 0.5) is 5.82 Å². The lowest BCUT2D eigenvalue weighted by Gasteiger charge is -2.15. The highest BCUT2D eigenvalue weighted by atomic mass is 15.1. The fourth-order valence-electron chi connectivity index (χ4n) is 1.67. The van der Waals surface area contributed by atoms with Gasteiger partial charge in [-0.3, -0.25) is 9.88 Å². The molecule has 1 aromatic heterocycles. The van der Waals surface area contributed by atoms with Gasteiger partial charge in [-0.1, -0.05) is 30.3 Å². The van der Waals surface area contributed by atoms with Crippen molar-refractivity contribution in [2.24, 2.45) is 0 Å². The zero-order chi connectivity index (χ0) is 12.1. The van der Waals surface area contributed by atoms with Crippen molar-refractivity contribution in [1.82, 2.24) is 14.9 Å². The van der Waals surface area contributed by atoms with Crippen molar-refractivity contribution in [3.8, 4) is 0 Å². The molecule has 0 saturated carbocycles. The van der Waals surface area contributed by atoms with E-state index in [4.69, 9.17) is 5.73 Å². The number of rotatable bonds is 4. The van der Waals surface area contributed by atoms with E-state index in [1.165, 1.54) is 5.56 Å². The van der Waals surface area contributed by atoms with Crippen molar-refractivity contribution in [3.05, 3.63) is 54.0 Å². The van der Waals surface area contributed by atoms with Crippen LogP contribution in [0.25, 0.3) is 0 Å². The molecular formula is C13H16N4. The number of aromatic nitrogens is 2. The Morgan fingerprint density at radius 3 is 2.47 bits per heavy atom. The van der Waals surface area contributed by atoms with Crippen LogP contribution in [-0.4, -0.2) is 21.9 Å². The van der Waals surface area contributed by atoms with Crippen LogP contribution in [-0.2, 0) is 13.1 Å². The molecule has 0 bridgehead atoms. The normalized spacial score (nSPS) is 10.7. The maximum absolute atomic E-state index is 5.49. The van der Waals surface area contributed by atoms with E-state index in [1.807, 2.05) is 18.2 Å². The van der Waals surface area contributed by atoms with Gasteiger partial charge in [-0.2, -0.15) is 0 Å². The molecule has 2 aromatic rings. The minimum atomic E-state index is 0.458. The van der Waals surface area contributed by atoms with E-state index < -0.39 is 0 Å². The van der Waals surface area contributed by atoms with Crippen LogP contribution in [0.2, 0.25) is 0 Å². The summed E-state index contributed by atoms with van der Waals surface area (Å²) in [5.41, 5.74) is 7.71. The van der Waals surface area contributed by atoms with Gasteiger partial charge in [0.15, 0.2) is 0 Å². The van der Waals surface area contributed by atoms with Crippen molar-refractivity contribution >= 4 is 5.82 Å². The Balaban J connectivity index is 1.93. The van der Waals surface area contributed by atoms with Gasteiger partial charge in [0.05, 0.1) is 18.1 Å². The van der Waals surface area contributed by atoms with E-state index in [9.17, 15) is 0 Å². The molecule has 4 nitrogen and oxygen atoms in total. The Labute approximate surface area is 101 Å². The summed E-state index contributed by atoms with van der Waals surface area (Å²) in [6.45, 7) is 1.66. The molecule has 2 rings (SSSR count). The van der Waals surface area contributed by atoms with Crippen molar-refractivity contribution in [3.63, 3.8) is 0 Å². The molecule has 0 saturated heterocycles. The Hall–Kier alpha value is -1.94. The summed E-state index contributed by atoms with van der Waals surface area (Å²) in [5.74, 6) is 0.458. The van der Waals surface area contributed by atoms with Gasteiger partial charge in [-0.05, 0) is 12.6 Å². The van der Waals surface area contributed by atoms with Crippen molar-refractivity contribution < 1.29 is 0 Å². The smallest absolute Gasteiger partial charge is 0.141 e. The first-order valence-corrected chi connectivity index (χ1v) is 5.53. The van der Waals surface area contributed by atoms with Crippen LogP contribution in [0.1, 0.15) is 11.3 Å². The zero-order valence-corrected chi connectivity index (χ0v) is 9.87. The van der Waals surface area contributed by atoms with Gasteiger partial charge in [-0.15, -0.1) is 0 Å². The fraction of sp³-hybridized carbons (Fsp3) is 0.231. The molecule has 88 valence electrons. The van der Waals surface area contributed by atoms with Gasteiger partial charge < -0.3 is 5.73 Å². The molecule has 0 fully saturated rings. The van der Waals surface area contributed by atoms with Crippen LogP contribution in [0, 0.1) is 0 Å². The number of benzene rings is 1. The second-order valence-corrected chi connectivity index (χ2v) is 4.09. The monoisotopic (exact) mass is 228 g/mol. The number of hydrogen-bond donors (Lipinski definition) is 1. The summed E-state index contributed by atoms with van der Waals surface area (Å²) >= 11 is 0. The third-order valence-electron chi connectivity index (χ3n) is 2.45. The van der Waals surface area contributed by atoms with Crippen LogP contribution < -0.4 is 5.73 Å². The molecule has 2 N–H and O–H groups in total. The third-order valence-corrected chi connectivity index (χ3v) is 2.45. The molecular weight excluding hydrogens is 212 g/mol. The summed E-state index contributed by atoms with van der Waals surface area (Å²) in [6.07, 6.45) is 3.31. The lowest BCUT2D eigenvalue weighted by Crippen LogP contribution is -2.18. The van der Waals surface area contributed by atoms with Crippen LogP contribution in [0.5, 0.6) is 0 Å². The van der Waals surface area contributed by atoms with E-state index in [0.29, 0.717) is 5.82 Å². The topological polar surface area (TPSA) is 55.0 Å². The molecule has 0 amide bonds. The largest absolute Gasteiger partial charge is 0.382 e. The third kappa shape index (κ3) is 3.53. The molecule has 0 aliphatic carbocycles. The highest BCUT2D eigenvalue weighted by Gasteiger charge is 2.02. The lowest BCUT2D eigenvalue weighted by atomic mass is 10.2. The summed E-state index contributed by atoms with van der Waals surface area (Å²) in [6, 6.07) is 10.4. The Morgan fingerprint density at radius 1 is 1.06 bits per heavy atom. The molecule has 0 atom stereocenters. The minimum absolute atomic E-state index is 0.458. The Bertz CT molecular complexity index is 453. The molecule has 0 spiro atoms. The number of nitrogen functional groups attached to an aromatic ring is 1. The summed E-state index contributed by atoms with van der Waals surface area (Å²) < 4.78 is 0. The van der Waals surface area contributed by atoms with E-state index >= 15 is 0 Å². The van der Waals surface area contributed by atoms with Crippen LogP contribution in [0.15, 0.2) is 42.7 Å². The molecule has 0 unspecified atom stereocenters. The second kappa shape index (κ2) is 5.41. The van der Waals surface area contributed by atoms with Gasteiger partial charge in [0.25, 0.3) is 0 Å². The fourth-order valence-corrected chi connectivity index (χ4v) is 1.67. The molecule has 1 aromatic carbocycles. The standard InChI is InChI=1S/C13H16N4/c1-17(9-11-5-3-2-4-6-11)10-12-7-16-13(14)8-15-12/h2-8H,9-10H2,1H3,(H2,14,16). The number of anilines is 1. The van der Waals surface area contributed by atoms with E-state index in [2.05, 4.69) is 34.0 Å². The molecule has 4 heteroatoms. The van der Waals surface area contributed by atoms with Gasteiger partial charge in [0, 0.05) is 13.1 Å².